The largest absolute Gasteiger partial charge is 0.495 e. The van der Waals surface area contributed by atoms with Gasteiger partial charge >= 0.3 is 0 Å². The summed E-state index contributed by atoms with van der Waals surface area (Å²) in [6, 6.07) is 12.7. The number of anilines is 2. The zero-order valence-corrected chi connectivity index (χ0v) is 19.5. The van der Waals surface area contributed by atoms with E-state index in [0.29, 0.717) is 29.5 Å². The van der Waals surface area contributed by atoms with E-state index in [1.165, 1.54) is 12.0 Å². The van der Waals surface area contributed by atoms with Gasteiger partial charge in [-0.1, -0.05) is 12.1 Å². The molecule has 0 spiro atoms. The predicted octanol–water partition coefficient (Wildman–Crippen LogP) is 3.76. The predicted molar refractivity (Wildman–Crippen MR) is 127 cm³/mol. The topological polar surface area (TPSA) is 90.0 Å². The molecule has 1 aliphatic rings. The first-order chi connectivity index (χ1) is 16.0. The highest BCUT2D eigenvalue weighted by atomic mass is 32.1. The second-order valence-corrected chi connectivity index (χ2v) is 8.43. The zero-order valence-electron chi connectivity index (χ0n) is 18.7. The maximum atomic E-state index is 12.9. The summed E-state index contributed by atoms with van der Waals surface area (Å²) >= 11 is 1.56. The minimum atomic E-state index is -0.692. The Morgan fingerprint density at radius 2 is 2.06 bits per heavy atom. The molecule has 1 unspecified atom stereocenters. The summed E-state index contributed by atoms with van der Waals surface area (Å²) in [5.41, 5.74) is 2.73. The number of ether oxygens (including phenoxy) is 3. The number of aromatic nitrogens is 1. The third-order valence-corrected chi connectivity index (χ3v) is 6.13. The lowest BCUT2D eigenvalue weighted by atomic mass is 10.1. The summed E-state index contributed by atoms with van der Waals surface area (Å²) in [7, 11) is 3.20. The van der Waals surface area contributed by atoms with Gasteiger partial charge in [0.1, 0.15) is 18.0 Å². The molecule has 172 valence electrons. The molecular weight excluding hydrogens is 442 g/mol. The van der Waals surface area contributed by atoms with Crippen LogP contribution >= 0.6 is 11.3 Å². The summed E-state index contributed by atoms with van der Waals surface area (Å²) in [6.45, 7) is 2.12. The fourth-order valence-corrected chi connectivity index (χ4v) is 4.35. The summed E-state index contributed by atoms with van der Waals surface area (Å²) < 4.78 is 16.2. The first-order valence-electron chi connectivity index (χ1n) is 10.5. The van der Waals surface area contributed by atoms with Crippen molar-refractivity contribution in [2.24, 2.45) is 0 Å². The minimum Gasteiger partial charge on any atom is -0.495 e. The molecule has 0 radical (unpaired) electrons. The fraction of sp³-hybridized carbons (Fsp3) is 0.292. The summed E-state index contributed by atoms with van der Waals surface area (Å²) in [5, 5.41) is 5.77. The number of carbonyl (C=O) groups is 2. The molecule has 0 saturated carbocycles. The van der Waals surface area contributed by atoms with Crippen LogP contribution in [-0.2, 0) is 20.7 Å². The van der Waals surface area contributed by atoms with Gasteiger partial charge in [0.05, 0.1) is 35.8 Å². The molecule has 33 heavy (non-hydrogen) atoms. The molecule has 2 heterocycles. The van der Waals surface area contributed by atoms with Crippen molar-refractivity contribution in [2.75, 3.05) is 37.6 Å². The molecule has 2 amide bonds. The first-order valence-corrected chi connectivity index (χ1v) is 11.4. The molecular formula is C24H25N3O5S. The van der Waals surface area contributed by atoms with E-state index in [0.717, 1.165) is 22.7 Å². The van der Waals surface area contributed by atoms with Gasteiger partial charge in [0.25, 0.3) is 5.91 Å². The van der Waals surface area contributed by atoms with Crippen LogP contribution in [0.5, 0.6) is 11.5 Å². The van der Waals surface area contributed by atoms with E-state index in [-0.39, 0.29) is 18.4 Å². The van der Waals surface area contributed by atoms with Gasteiger partial charge in [-0.15, -0.1) is 11.3 Å². The lowest BCUT2D eigenvalue weighted by Crippen LogP contribution is -2.47. The monoisotopic (exact) mass is 467 g/mol. The molecule has 9 heteroatoms. The Morgan fingerprint density at radius 3 is 2.85 bits per heavy atom. The van der Waals surface area contributed by atoms with E-state index in [9.17, 15) is 9.59 Å². The van der Waals surface area contributed by atoms with E-state index < -0.39 is 6.10 Å². The van der Waals surface area contributed by atoms with Crippen molar-refractivity contribution in [1.82, 2.24) is 4.98 Å². The Balaban J connectivity index is 1.59. The molecule has 0 bridgehead atoms. The number of hydrogen-bond acceptors (Lipinski definition) is 7. The van der Waals surface area contributed by atoms with Crippen LogP contribution in [0.1, 0.15) is 11.9 Å². The molecule has 1 aliphatic heterocycles. The molecule has 2 aromatic carbocycles. The van der Waals surface area contributed by atoms with Crippen molar-refractivity contribution >= 4 is 34.5 Å². The van der Waals surface area contributed by atoms with Crippen LogP contribution in [0.3, 0.4) is 0 Å². The van der Waals surface area contributed by atoms with Gasteiger partial charge in [-0.05, 0) is 37.3 Å². The van der Waals surface area contributed by atoms with Crippen molar-refractivity contribution < 1.29 is 23.8 Å². The van der Waals surface area contributed by atoms with Gasteiger partial charge in [-0.2, -0.15) is 0 Å². The average Bonchev–Trinajstić information content (AvgIpc) is 3.30. The minimum absolute atomic E-state index is 0.156. The van der Waals surface area contributed by atoms with Crippen LogP contribution in [0.2, 0.25) is 0 Å². The van der Waals surface area contributed by atoms with Crippen LogP contribution in [0, 0.1) is 0 Å². The van der Waals surface area contributed by atoms with E-state index in [1.807, 2.05) is 29.6 Å². The first kappa shape index (κ1) is 22.8. The highest BCUT2D eigenvalue weighted by Gasteiger charge is 2.33. The highest BCUT2D eigenvalue weighted by molar-refractivity contribution is 7.09. The van der Waals surface area contributed by atoms with E-state index in [4.69, 9.17) is 14.2 Å². The number of fused-ring (bicyclic) bond motifs is 1. The van der Waals surface area contributed by atoms with Gasteiger partial charge in [0.15, 0.2) is 6.10 Å². The van der Waals surface area contributed by atoms with Crippen LogP contribution < -0.4 is 19.7 Å². The number of hydrogen-bond donors (Lipinski definition) is 1. The summed E-state index contributed by atoms with van der Waals surface area (Å²) in [5.74, 6) is 0.469. The Morgan fingerprint density at radius 1 is 1.24 bits per heavy atom. The Hall–Kier alpha value is -3.43. The standard InChI is InChI=1S/C24H25N3O5S/c1-15-24(29)27(13-22(28)25-17-6-4-5-7-20(17)31-3)19-12-16(8-9-21(19)32-15)18-14-33-23(26-18)10-11-30-2/h4-9,12,14-15H,10-11,13H2,1-3H3,(H,25,28). The highest BCUT2D eigenvalue weighted by Crippen LogP contribution is 2.38. The SMILES string of the molecule is COCCc1nc(-c2ccc3c(c2)N(CC(=O)Nc2ccccc2OC)C(=O)C(C)O3)cs1. The second kappa shape index (κ2) is 10.0. The van der Waals surface area contributed by atoms with Gasteiger partial charge < -0.3 is 19.5 Å². The van der Waals surface area contributed by atoms with Gasteiger partial charge in [0.2, 0.25) is 5.91 Å². The molecule has 4 rings (SSSR count). The van der Waals surface area contributed by atoms with E-state index in [1.54, 1.807) is 43.6 Å². The normalized spacial score (nSPS) is 15.1. The van der Waals surface area contributed by atoms with Crippen molar-refractivity contribution in [3.05, 3.63) is 52.9 Å². The number of nitrogens with zero attached hydrogens (tertiary/aromatic N) is 2. The maximum absolute atomic E-state index is 12.9. The van der Waals surface area contributed by atoms with Crippen molar-refractivity contribution in [2.45, 2.75) is 19.4 Å². The van der Waals surface area contributed by atoms with Gasteiger partial charge in [-0.3, -0.25) is 14.5 Å². The number of carbonyl (C=O) groups excluding carboxylic acids is 2. The van der Waals surface area contributed by atoms with Crippen LogP contribution in [-0.4, -0.2) is 50.3 Å². The lowest BCUT2D eigenvalue weighted by molar-refractivity contribution is -0.127. The Kier molecular flexibility index (Phi) is 6.90. The molecule has 3 aromatic rings. The molecule has 0 fully saturated rings. The van der Waals surface area contributed by atoms with Crippen molar-refractivity contribution in [3.63, 3.8) is 0 Å². The maximum Gasteiger partial charge on any atom is 0.268 e. The molecule has 0 saturated heterocycles. The number of amides is 2. The third-order valence-electron chi connectivity index (χ3n) is 5.22. The quantitative estimate of drug-likeness (QED) is 0.543. The molecule has 1 aromatic heterocycles. The Bertz CT molecular complexity index is 1160. The second-order valence-electron chi connectivity index (χ2n) is 7.48. The number of rotatable bonds is 8. The summed E-state index contributed by atoms with van der Waals surface area (Å²) in [4.78, 5) is 31.9. The third kappa shape index (κ3) is 4.99. The number of methoxy groups -OCH3 is 2. The van der Waals surface area contributed by atoms with Crippen LogP contribution in [0.4, 0.5) is 11.4 Å². The van der Waals surface area contributed by atoms with E-state index in [2.05, 4.69) is 10.3 Å². The van der Waals surface area contributed by atoms with Crippen LogP contribution in [0.25, 0.3) is 11.3 Å². The van der Waals surface area contributed by atoms with Crippen LogP contribution in [0.15, 0.2) is 47.8 Å². The number of thiazole rings is 1. The van der Waals surface area contributed by atoms with Gasteiger partial charge in [-0.25, -0.2) is 4.98 Å². The fourth-order valence-electron chi connectivity index (χ4n) is 3.56. The van der Waals surface area contributed by atoms with Crippen molar-refractivity contribution in [1.29, 1.82) is 0 Å². The molecule has 0 aliphatic carbocycles. The van der Waals surface area contributed by atoms with Crippen molar-refractivity contribution in [3.8, 4) is 22.8 Å². The average molecular weight is 468 g/mol. The van der Waals surface area contributed by atoms with E-state index >= 15 is 0 Å². The smallest absolute Gasteiger partial charge is 0.268 e. The Labute approximate surface area is 196 Å². The molecule has 1 N–H and O–H groups in total. The number of para-hydroxylation sites is 2. The molecule has 8 nitrogen and oxygen atoms in total. The summed E-state index contributed by atoms with van der Waals surface area (Å²) in [6.07, 6.45) is 0.0443. The van der Waals surface area contributed by atoms with Gasteiger partial charge in [0, 0.05) is 24.5 Å². The number of benzene rings is 2. The zero-order chi connectivity index (χ0) is 23.4. The molecule has 1 atom stereocenters. The number of nitrogens with one attached hydrogen (secondary N) is 1. The lowest BCUT2D eigenvalue weighted by Gasteiger charge is -2.33.